The van der Waals surface area contributed by atoms with Gasteiger partial charge >= 0.3 is 6.03 Å². The molecule has 2 unspecified atom stereocenters. The molecular formula is C28H27N7OS. The number of likely N-dealkylation sites (tertiary alicyclic amines) is 2. The fourth-order valence-corrected chi connectivity index (χ4v) is 6.54. The Morgan fingerprint density at radius 1 is 1.16 bits per heavy atom. The third-order valence-corrected chi connectivity index (χ3v) is 8.57. The van der Waals surface area contributed by atoms with Crippen molar-refractivity contribution in [2.75, 3.05) is 32.0 Å². The molecule has 6 rings (SSSR count). The number of nitriles is 1. The zero-order valence-electron chi connectivity index (χ0n) is 20.8. The quantitative estimate of drug-likeness (QED) is 0.410. The molecule has 2 aromatic carbocycles. The lowest BCUT2D eigenvalue weighted by Gasteiger charge is -2.33. The van der Waals surface area contributed by atoms with E-state index in [4.69, 9.17) is 4.98 Å². The first-order valence-corrected chi connectivity index (χ1v) is 13.3. The van der Waals surface area contributed by atoms with Gasteiger partial charge in [0.1, 0.15) is 6.33 Å². The minimum absolute atomic E-state index is 0.108. The highest BCUT2D eigenvalue weighted by Gasteiger charge is 2.39. The van der Waals surface area contributed by atoms with Gasteiger partial charge in [-0.2, -0.15) is 5.26 Å². The van der Waals surface area contributed by atoms with Crippen LogP contribution in [0, 0.1) is 24.2 Å². The molecule has 2 atom stereocenters. The lowest BCUT2D eigenvalue weighted by Crippen LogP contribution is -2.42. The Morgan fingerprint density at radius 3 is 2.89 bits per heavy atom. The number of piperidine rings is 1. The van der Waals surface area contributed by atoms with Crippen LogP contribution < -0.4 is 5.32 Å². The molecule has 9 heteroatoms. The van der Waals surface area contributed by atoms with Gasteiger partial charge in [-0.3, -0.25) is 5.32 Å². The molecule has 2 saturated heterocycles. The number of benzene rings is 2. The molecule has 0 aliphatic carbocycles. The Hall–Kier alpha value is -3.87. The molecule has 2 fully saturated rings. The van der Waals surface area contributed by atoms with Gasteiger partial charge in [-0.05, 0) is 69.1 Å². The number of hydrogen-bond donors (Lipinski definition) is 1. The monoisotopic (exact) mass is 509 g/mol. The van der Waals surface area contributed by atoms with Crippen molar-refractivity contribution in [1.29, 1.82) is 5.26 Å². The van der Waals surface area contributed by atoms with Crippen LogP contribution in [-0.2, 0) is 0 Å². The average molecular weight is 510 g/mol. The first-order chi connectivity index (χ1) is 18.0. The summed E-state index contributed by atoms with van der Waals surface area (Å²) in [6, 6.07) is 16.0. The van der Waals surface area contributed by atoms with Crippen molar-refractivity contribution >= 4 is 33.4 Å². The molecule has 4 heterocycles. The van der Waals surface area contributed by atoms with Crippen LogP contribution in [0.3, 0.4) is 0 Å². The van der Waals surface area contributed by atoms with Crippen LogP contribution in [0.5, 0.6) is 0 Å². The maximum absolute atomic E-state index is 13.3. The van der Waals surface area contributed by atoms with Gasteiger partial charge in [-0.15, -0.1) is 0 Å². The second kappa shape index (κ2) is 9.54. The summed E-state index contributed by atoms with van der Waals surface area (Å²) in [6.45, 7) is 4.58. The maximum atomic E-state index is 13.3. The largest absolute Gasteiger partial charge is 0.323 e. The predicted octanol–water partition coefficient (Wildman–Crippen LogP) is 5.16. The van der Waals surface area contributed by atoms with E-state index in [1.54, 1.807) is 12.4 Å². The van der Waals surface area contributed by atoms with Crippen molar-refractivity contribution in [2.45, 2.75) is 25.8 Å². The van der Waals surface area contributed by atoms with E-state index in [9.17, 15) is 10.1 Å². The molecule has 2 aromatic heterocycles. The number of amides is 2. The van der Waals surface area contributed by atoms with Crippen molar-refractivity contribution in [3.63, 3.8) is 0 Å². The van der Waals surface area contributed by atoms with E-state index in [0.717, 1.165) is 57.9 Å². The van der Waals surface area contributed by atoms with Gasteiger partial charge in [-0.25, -0.2) is 19.7 Å². The van der Waals surface area contributed by atoms with Crippen LogP contribution in [0.25, 0.3) is 32.6 Å². The number of nitrogens with one attached hydrogen (secondary N) is 1. The van der Waals surface area contributed by atoms with E-state index in [-0.39, 0.29) is 6.03 Å². The van der Waals surface area contributed by atoms with E-state index in [2.05, 4.69) is 39.4 Å². The third-order valence-electron chi connectivity index (χ3n) is 7.55. The van der Waals surface area contributed by atoms with E-state index in [1.807, 2.05) is 42.2 Å². The first kappa shape index (κ1) is 23.5. The molecule has 0 bridgehead atoms. The number of fused-ring (bicyclic) bond motifs is 2. The summed E-state index contributed by atoms with van der Waals surface area (Å²) < 4.78 is 0. The lowest BCUT2D eigenvalue weighted by molar-refractivity contribution is 0.157. The Balaban J connectivity index is 1.36. The van der Waals surface area contributed by atoms with E-state index in [1.165, 1.54) is 24.2 Å². The van der Waals surface area contributed by atoms with E-state index < -0.39 is 0 Å². The number of carbonyl (C=O) groups is 1. The zero-order chi connectivity index (χ0) is 25.5. The zero-order valence-corrected chi connectivity index (χ0v) is 21.6. The standard InChI is InChI=1S/C28H27N7OS/c1-17-22-12-20(8-9-23(22)31-16-30-17)26-25(19-6-3-5-18(11-19)13-29)32-27(37-26)33-28(36)35-14-21-7-4-10-34(2)24(21)15-35/h3,5-6,8-9,11-12,16,21,24H,4,7,10,14-15H2,1-2H3,(H,32,33,36). The van der Waals surface area contributed by atoms with Crippen LogP contribution >= 0.6 is 11.3 Å². The normalized spacial score (nSPS) is 19.5. The Morgan fingerprint density at radius 2 is 2.05 bits per heavy atom. The minimum atomic E-state index is -0.108. The third kappa shape index (κ3) is 4.43. The number of aryl methyl sites for hydroxylation is 1. The van der Waals surface area contributed by atoms with Gasteiger partial charge < -0.3 is 9.80 Å². The molecule has 8 nitrogen and oxygen atoms in total. The second-order valence-corrected chi connectivity index (χ2v) is 10.9. The highest BCUT2D eigenvalue weighted by Crippen LogP contribution is 2.40. The predicted molar refractivity (Wildman–Crippen MR) is 145 cm³/mol. The SMILES string of the molecule is Cc1ncnc2ccc(-c3sc(NC(=O)N4CC5CCCN(C)C5C4)nc3-c3cccc(C#N)c3)cc12. The highest BCUT2D eigenvalue weighted by molar-refractivity contribution is 7.19. The van der Waals surface area contributed by atoms with Crippen LogP contribution in [0.15, 0.2) is 48.8 Å². The van der Waals surface area contributed by atoms with Crippen molar-refractivity contribution in [3.8, 4) is 27.8 Å². The summed E-state index contributed by atoms with van der Waals surface area (Å²) in [6.07, 6.45) is 3.93. The van der Waals surface area contributed by atoms with Gasteiger partial charge in [0.15, 0.2) is 5.13 Å². The fraction of sp³-hybridized carbons (Fsp3) is 0.321. The Kier molecular flexibility index (Phi) is 6.07. The van der Waals surface area contributed by atoms with E-state index >= 15 is 0 Å². The molecule has 186 valence electrons. The number of urea groups is 1. The summed E-state index contributed by atoms with van der Waals surface area (Å²) in [4.78, 5) is 32.1. The van der Waals surface area contributed by atoms with Crippen LogP contribution in [0.1, 0.15) is 24.1 Å². The van der Waals surface area contributed by atoms with Gasteiger partial charge in [0, 0.05) is 35.8 Å². The average Bonchev–Trinajstić information content (AvgIpc) is 3.54. The number of hydrogen-bond acceptors (Lipinski definition) is 7. The fourth-order valence-electron chi connectivity index (χ4n) is 5.57. The molecule has 0 radical (unpaired) electrons. The molecule has 2 aliphatic rings. The summed E-state index contributed by atoms with van der Waals surface area (Å²) in [5.74, 6) is 0.531. The van der Waals surface area contributed by atoms with Crippen molar-refractivity contribution in [2.24, 2.45) is 5.92 Å². The summed E-state index contributed by atoms with van der Waals surface area (Å²) in [5, 5.41) is 14.0. The van der Waals surface area contributed by atoms with Gasteiger partial charge in [0.25, 0.3) is 0 Å². The highest BCUT2D eigenvalue weighted by atomic mass is 32.1. The van der Waals surface area contributed by atoms with Crippen LogP contribution in [0.4, 0.5) is 9.93 Å². The van der Waals surface area contributed by atoms with Crippen molar-refractivity contribution < 1.29 is 4.79 Å². The van der Waals surface area contributed by atoms with E-state index in [0.29, 0.717) is 22.7 Å². The molecule has 2 aliphatic heterocycles. The minimum Gasteiger partial charge on any atom is -0.323 e. The lowest BCUT2D eigenvalue weighted by atomic mass is 9.93. The first-order valence-electron chi connectivity index (χ1n) is 12.5. The molecule has 4 aromatic rings. The number of nitrogens with zero attached hydrogens (tertiary/aromatic N) is 6. The summed E-state index contributed by atoms with van der Waals surface area (Å²) >= 11 is 1.44. The Labute approximate surface area is 219 Å². The summed E-state index contributed by atoms with van der Waals surface area (Å²) in [7, 11) is 2.16. The number of thiazole rings is 1. The van der Waals surface area contributed by atoms with Crippen LogP contribution in [-0.4, -0.2) is 63.5 Å². The number of anilines is 1. The Bertz CT molecular complexity index is 1540. The molecule has 0 saturated carbocycles. The second-order valence-electron chi connectivity index (χ2n) is 9.87. The number of rotatable bonds is 3. The van der Waals surface area contributed by atoms with Gasteiger partial charge in [0.2, 0.25) is 0 Å². The van der Waals surface area contributed by atoms with Crippen molar-refractivity contribution in [1.82, 2.24) is 24.8 Å². The number of aromatic nitrogens is 3. The smallest absolute Gasteiger partial charge is 0.323 e. The topological polar surface area (TPSA) is 98.0 Å². The number of likely N-dealkylation sites (N-methyl/N-ethyl adjacent to an activating group) is 1. The van der Waals surface area contributed by atoms with Crippen LogP contribution in [0.2, 0.25) is 0 Å². The molecule has 1 N–H and O–H groups in total. The molecular weight excluding hydrogens is 482 g/mol. The van der Waals surface area contributed by atoms with Crippen molar-refractivity contribution in [3.05, 3.63) is 60.0 Å². The molecule has 0 spiro atoms. The number of carbonyl (C=O) groups excluding carboxylic acids is 1. The maximum Gasteiger partial charge on any atom is 0.323 e. The van der Waals surface area contributed by atoms with Gasteiger partial charge in [0.05, 0.1) is 27.7 Å². The summed E-state index contributed by atoms with van der Waals surface area (Å²) in [5.41, 5.74) is 4.88. The molecule has 2 amide bonds. The van der Waals surface area contributed by atoms with Gasteiger partial charge in [-0.1, -0.05) is 29.5 Å². The molecule has 37 heavy (non-hydrogen) atoms.